The van der Waals surface area contributed by atoms with Gasteiger partial charge in [0.25, 0.3) is 11.4 Å². The summed E-state index contributed by atoms with van der Waals surface area (Å²) >= 11 is 0. The first-order valence-electron chi connectivity index (χ1n) is 13.3. The lowest BCUT2D eigenvalue weighted by atomic mass is 9.95. The predicted octanol–water partition coefficient (Wildman–Crippen LogP) is 2.91. The number of carbonyl (C=O) groups excluding carboxylic acids is 3. The molecule has 1 aliphatic rings. The van der Waals surface area contributed by atoms with E-state index < -0.39 is 46.8 Å². The summed E-state index contributed by atoms with van der Waals surface area (Å²) in [5, 5.41) is 13.2. The van der Waals surface area contributed by atoms with Crippen molar-refractivity contribution >= 4 is 23.5 Å². The molecule has 13 heteroatoms. The maximum Gasteiger partial charge on any atom is 0.411 e. The lowest BCUT2D eigenvalue weighted by molar-refractivity contribution is -0.122. The van der Waals surface area contributed by atoms with Crippen molar-refractivity contribution in [3.05, 3.63) is 63.7 Å². The summed E-state index contributed by atoms with van der Waals surface area (Å²) < 4.78 is 11.6. The number of nitrogens with zero attached hydrogens (tertiary/aromatic N) is 5. The molecule has 2 amide bonds. The van der Waals surface area contributed by atoms with E-state index in [1.54, 1.807) is 27.0 Å². The number of hydrogen-bond acceptors (Lipinski definition) is 10. The summed E-state index contributed by atoms with van der Waals surface area (Å²) in [7, 11) is 1.17. The van der Waals surface area contributed by atoms with Gasteiger partial charge in [0, 0.05) is 11.6 Å². The van der Waals surface area contributed by atoms with Gasteiger partial charge in [-0.05, 0) is 37.8 Å². The van der Waals surface area contributed by atoms with Crippen molar-refractivity contribution < 1.29 is 23.5 Å². The van der Waals surface area contributed by atoms with Gasteiger partial charge in [0.2, 0.25) is 17.6 Å². The average molecular weight is 566 g/mol. The van der Waals surface area contributed by atoms with Crippen molar-refractivity contribution in [2.75, 3.05) is 12.4 Å². The van der Waals surface area contributed by atoms with E-state index in [2.05, 4.69) is 35.5 Å². The standard InChI is InChI=1S/C28H35N7O6/c1-15(2)19(21(37)22-33-34-25(41-22)28(11-12-28)17-10-8-9-13-29-17)31-18(36)14-35-23(38)20(32-26(39)40-7)16(3)30-24(35)27(4,5)6/h8-10,13,15,19H,11-12,14H2,1-7H3,(H,31,36)(H,32,39)/t19-/m0/s1. The fourth-order valence-electron chi connectivity index (χ4n) is 4.57. The smallest absolute Gasteiger partial charge is 0.411 e. The third-order valence-electron chi connectivity index (χ3n) is 6.95. The highest BCUT2D eigenvalue weighted by atomic mass is 16.5. The molecule has 4 rings (SSSR count). The number of ether oxygens (including phenoxy) is 1. The molecule has 3 aromatic rings. The Hall–Kier alpha value is -4.42. The van der Waals surface area contributed by atoms with Crippen LogP contribution in [0.25, 0.3) is 0 Å². The van der Waals surface area contributed by atoms with Crippen molar-refractivity contribution in [3.8, 4) is 0 Å². The molecular weight excluding hydrogens is 530 g/mol. The van der Waals surface area contributed by atoms with E-state index in [1.165, 1.54) is 11.7 Å². The number of nitrogens with one attached hydrogen (secondary N) is 2. The molecular formula is C28H35N7O6. The first kappa shape index (κ1) is 29.6. The monoisotopic (exact) mass is 565 g/mol. The van der Waals surface area contributed by atoms with E-state index in [4.69, 9.17) is 4.42 Å². The van der Waals surface area contributed by atoms with Crippen LogP contribution in [0.1, 0.15) is 81.2 Å². The van der Waals surface area contributed by atoms with Gasteiger partial charge < -0.3 is 14.5 Å². The van der Waals surface area contributed by atoms with Gasteiger partial charge in [-0.3, -0.25) is 29.3 Å². The van der Waals surface area contributed by atoms with Gasteiger partial charge in [-0.15, -0.1) is 10.2 Å². The zero-order chi connectivity index (χ0) is 30.1. The molecule has 218 valence electrons. The molecule has 0 bridgehead atoms. The maximum absolute atomic E-state index is 13.4. The normalized spacial score (nSPS) is 14.8. The molecule has 0 spiro atoms. The summed E-state index contributed by atoms with van der Waals surface area (Å²) in [5.74, 6) is -1.04. The lowest BCUT2D eigenvalue weighted by Gasteiger charge is -2.25. The summed E-state index contributed by atoms with van der Waals surface area (Å²) in [6.07, 6.45) is 2.39. The number of amides is 2. The minimum absolute atomic E-state index is 0.102. The van der Waals surface area contributed by atoms with E-state index in [1.807, 2.05) is 39.0 Å². The van der Waals surface area contributed by atoms with Crippen molar-refractivity contribution in [2.24, 2.45) is 5.92 Å². The maximum atomic E-state index is 13.4. The van der Waals surface area contributed by atoms with E-state index in [-0.39, 0.29) is 23.2 Å². The van der Waals surface area contributed by atoms with Crippen LogP contribution in [0.15, 0.2) is 33.6 Å². The molecule has 41 heavy (non-hydrogen) atoms. The first-order valence-corrected chi connectivity index (χ1v) is 13.3. The number of carbonyl (C=O) groups is 3. The van der Waals surface area contributed by atoms with Crippen LogP contribution in [0.2, 0.25) is 0 Å². The summed E-state index contributed by atoms with van der Waals surface area (Å²) in [6.45, 7) is 10.2. The van der Waals surface area contributed by atoms with Gasteiger partial charge in [0.05, 0.1) is 30.0 Å². The van der Waals surface area contributed by atoms with E-state index in [0.717, 1.165) is 18.5 Å². The fourth-order valence-corrected chi connectivity index (χ4v) is 4.57. The van der Waals surface area contributed by atoms with Gasteiger partial charge in [-0.1, -0.05) is 40.7 Å². The fraction of sp³-hybridized carbons (Fsp3) is 0.500. The summed E-state index contributed by atoms with van der Waals surface area (Å²) in [4.78, 5) is 60.9. The Morgan fingerprint density at radius 1 is 1.17 bits per heavy atom. The second-order valence-electron chi connectivity index (χ2n) is 11.5. The molecule has 0 aromatic carbocycles. The number of anilines is 1. The Balaban J connectivity index is 1.58. The highest BCUT2D eigenvalue weighted by Crippen LogP contribution is 2.52. The van der Waals surface area contributed by atoms with Gasteiger partial charge >= 0.3 is 6.09 Å². The molecule has 3 heterocycles. The largest absolute Gasteiger partial charge is 0.453 e. The third-order valence-corrected chi connectivity index (χ3v) is 6.95. The van der Waals surface area contributed by atoms with Crippen molar-refractivity contribution in [2.45, 2.75) is 77.8 Å². The predicted molar refractivity (Wildman–Crippen MR) is 148 cm³/mol. The number of Topliss-reactive ketones (excluding diaryl/α,β-unsaturated/α-hetero) is 1. The Kier molecular flexibility index (Phi) is 8.09. The molecule has 0 aliphatic heterocycles. The Bertz CT molecular complexity index is 1520. The zero-order valence-corrected chi connectivity index (χ0v) is 24.3. The number of aromatic nitrogens is 5. The van der Waals surface area contributed by atoms with Crippen molar-refractivity contribution in [1.82, 2.24) is 30.0 Å². The second kappa shape index (κ2) is 11.2. The second-order valence-corrected chi connectivity index (χ2v) is 11.5. The van der Waals surface area contributed by atoms with Gasteiger partial charge in [0.15, 0.2) is 0 Å². The van der Waals surface area contributed by atoms with Crippen LogP contribution in [0.3, 0.4) is 0 Å². The Morgan fingerprint density at radius 2 is 1.88 bits per heavy atom. The Morgan fingerprint density at radius 3 is 2.44 bits per heavy atom. The van der Waals surface area contributed by atoms with Crippen LogP contribution in [0.5, 0.6) is 0 Å². The molecule has 0 unspecified atom stereocenters. The number of hydrogen-bond donors (Lipinski definition) is 2. The molecule has 1 fully saturated rings. The topological polar surface area (TPSA) is 171 Å². The van der Waals surface area contributed by atoms with Gasteiger partial charge in [0.1, 0.15) is 18.1 Å². The number of methoxy groups -OCH3 is 1. The molecule has 1 saturated carbocycles. The van der Waals surface area contributed by atoms with Crippen molar-refractivity contribution in [3.63, 3.8) is 0 Å². The number of pyridine rings is 1. The van der Waals surface area contributed by atoms with Crippen LogP contribution in [0.4, 0.5) is 10.5 Å². The molecule has 13 nitrogen and oxygen atoms in total. The van der Waals surface area contributed by atoms with Crippen LogP contribution in [0, 0.1) is 12.8 Å². The molecule has 2 N–H and O–H groups in total. The summed E-state index contributed by atoms with van der Waals surface area (Å²) in [6, 6.07) is 4.58. The van der Waals surface area contributed by atoms with Crippen molar-refractivity contribution in [1.29, 1.82) is 0 Å². The number of rotatable bonds is 9. The van der Waals surface area contributed by atoms with Crippen LogP contribution >= 0.6 is 0 Å². The minimum atomic E-state index is -0.999. The highest BCUT2D eigenvalue weighted by molar-refractivity contribution is 5.98. The van der Waals surface area contributed by atoms with Gasteiger partial charge in [-0.2, -0.15) is 0 Å². The minimum Gasteiger partial charge on any atom is -0.453 e. The third kappa shape index (κ3) is 6.03. The molecule has 1 aliphatic carbocycles. The van der Waals surface area contributed by atoms with Crippen LogP contribution < -0.4 is 16.2 Å². The summed E-state index contributed by atoms with van der Waals surface area (Å²) in [5.41, 5.74) is -0.779. The Labute approximate surface area is 237 Å². The first-order chi connectivity index (χ1) is 19.3. The van der Waals surface area contributed by atoms with E-state index >= 15 is 0 Å². The molecule has 3 aromatic heterocycles. The SMILES string of the molecule is COC(=O)Nc1c(C)nc(C(C)(C)C)n(CC(=O)N[C@H](C(=O)c2nnc(C3(c4ccccn4)CC3)o2)C(C)C)c1=O. The average Bonchev–Trinajstić information content (AvgIpc) is 3.59. The quantitative estimate of drug-likeness (QED) is 0.368. The lowest BCUT2D eigenvalue weighted by Crippen LogP contribution is -2.47. The number of aryl methyl sites for hydroxylation is 1. The van der Waals surface area contributed by atoms with Gasteiger partial charge in [-0.25, -0.2) is 9.78 Å². The highest BCUT2D eigenvalue weighted by Gasteiger charge is 2.52. The van der Waals surface area contributed by atoms with Crippen LogP contribution in [-0.2, 0) is 26.9 Å². The molecule has 1 atom stereocenters. The zero-order valence-electron chi connectivity index (χ0n) is 24.3. The van der Waals surface area contributed by atoms with E-state index in [9.17, 15) is 19.2 Å². The molecule has 0 radical (unpaired) electrons. The molecule has 0 saturated heterocycles. The van der Waals surface area contributed by atoms with E-state index in [0.29, 0.717) is 11.7 Å². The van der Waals surface area contributed by atoms with Crippen LogP contribution in [-0.4, -0.2) is 55.7 Å². The number of ketones is 1.